The minimum atomic E-state index is -0.829. The van der Waals surface area contributed by atoms with Crippen molar-refractivity contribution < 1.29 is 4.39 Å². The maximum atomic E-state index is 13.2. The average Bonchev–Trinajstić information content (AvgIpc) is 2.62. The molecule has 0 radical (unpaired) electrons. The minimum Gasteiger partial charge on any atom is -0.311 e. The molecule has 1 N–H and O–H groups in total. The average molecular weight is 196 g/mol. The van der Waals surface area contributed by atoms with Crippen LogP contribution in [-0.2, 0) is 0 Å². The predicted molar refractivity (Wildman–Crippen MR) is 48.1 cm³/mol. The van der Waals surface area contributed by atoms with Crippen molar-refractivity contribution in [2.75, 3.05) is 0 Å². The van der Waals surface area contributed by atoms with E-state index in [1.165, 1.54) is 17.7 Å². The van der Waals surface area contributed by atoms with Crippen LogP contribution in [0.5, 0.6) is 0 Å². The lowest BCUT2D eigenvalue weighted by molar-refractivity contribution is 0.605. The monoisotopic (exact) mass is 196 g/mol. The van der Waals surface area contributed by atoms with Crippen molar-refractivity contribution in [2.24, 2.45) is 0 Å². The van der Waals surface area contributed by atoms with Gasteiger partial charge in [-0.05, 0) is 11.4 Å². The van der Waals surface area contributed by atoms with Crippen LogP contribution in [0.3, 0.4) is 0 Å². The van der Waals surface area contributed by atoms with E-state index in [1.54, 1.807) is 17.5 Å². The SMILES string of the molecule is O=c1[nH]cnc(-c2cccs2)c1F. The molecule has 0 aliphatic heterocycles. The summed E-state index contributed by atoms with van der Waals surface area (Å²) in [7, 11) is 0. The quantitative estimate of drug-likeness (QED) is 0.753. The molecule has 3 nitrogen and oxygen atoms in total. The lowest BCUT2D eigenvalue weighted by Gasteiger charge is -1.95. The van der Waals surface area contributed by atoms with Gasteiger partial charge in [-0.2, -0.15) is 4.39 Å². The van der Waals surface area contributed by atoms with Crippen LogP contribution in [0.4, 0.5) is 4.39 Å². The Morgan fingerprint density at radius 2 is 2.38 bits per heavy atom. The van der Waals surface area contributed by atoms with Crippen molar-refractivity contribution in [1.29, 1.82) is 0 Å². The van der Waals surface area contributed by atoms with Gasteiger partial charge >= 0.3 is 0 Å². The zero-order valence-corrected chi connectivity index (χ0v) is 7.27. The first-order chi connectivity index (χ1) is 6.29. The molecule has 0 aliphatic carbocycles. The van der Waals surface area contributed by atoms with Crippen LogP contribution in [0.15, 0.2) is 28.6 Å². The van der Waals surface area contributed by atoms with Gasteiger partial charge in [-0.25, -0.2) is 4.98 Å². The lowest BCUT2D eigenvalue weighted by atomic mass is 10.3. The smallest absolute Gasteiger partial charge is 0.287 e. The summed E-state index contributed by atoms with van der Waals surface area (Å²) < 4.78 is 13.2. The van der Waals surface area contributed by atoms with Crippen molar-refractivity contribution >= 4 is 11.3 Å². The molecule has 0 unspecified atom stereocenters. The molecule has 66 valence electrons. The molecule has 0 aliphatic rings. The highest BCUT2D eigenvalue weighted by Crippen LogP contribution is 2.22. The Morgan fingerprint density at radius 3 is 3.08 bits per heavy atom. The summed E-state index contributed by atoms with van der Waals surface area (Å²) in [6, 6.07) is 3.50. The van der Waals surface area contributed by atoms with Crippen molar-refractivity contribution in [2.45, 2.75) is 0 Å². The van der Waals surface area contributed by atoms with E-state index >= 15 is 0 Å². The molecule has 0 atom stereocenters. The first-order valence-electron chi connectivity index (χ1n) is 3.56. The van der Waals surface area contributed by atoms with Gasteiger partial charge in [-0.1, -0.05) is 6.07 Å². The molecular formula is C8H5FN2OS. The molecule has 2 aromatic rings. The zero-order valence-electron chi connectivity index (χ0n) is 6.45. The standard InChI is InChI=1S/C8H5FN2OS/c9-6-7(5-2-1-3-13-5)10-4-11-8(6)12/h1-4H,(H,10,11,12). The Kier molecular flexibility index (Phi) is 1.94. The van der Waals surface area contributed by atoms with E-state index in [4.69, 9.17) is 0 Å². The van der Waals surface area contributed by atoms with E-state index in [1.807, 2.05) is 0 Å². The van der Waals surface area contributed by atoms with Crippen LogP contribution >= 0.6 is 11.3 Å². The van der Waals surface area contributed by atoms with E-state index in [0.29, 0.717) is 4.88 Å². The molecule has 0 bridgehead atoms. The number of rotatable bonds is 1. The van der Waals surface area contributed by atoms with Crippen molar-refractivity contribution in [3.8, 4) is 10.6 Å². The molecular weight excluding hydrogens is 191 g/mol. The fourth-order valence-corrected chi connectivity index (χ4v) is 1.68. The van der Waals surface area contributed by atoms with Crippen molar-refractivity contribution in [3.63, 3.8) is 0 Å². The Balaban J connectivity index is 2.66. The normalized spacial score (nSPS) is 10.2. The highest BCUT2D eigenvalue weighted by atomic mass is 32.1. The van der Waals surface area contributed by atoms with Crippen molar-refractivity contribution in [3.05, 3.63) is 40.0 Å². The molecule has 5 heteroatoms. The van der Waals surface area contributed by atoms with Gasteiger partial charge in [0.1, 0.15) is 5.69 Å². The zero-order chi connectivity index (χ0) is 9.26. The number of halogens is 1. The number of thiophene rings is 1. The largest absolute Gasteiger partial charge is 0.311 e. The van der Waals surface area contributed by atoms with Gasteiger partial charge in [0.05, 0.1) is 11.2 Å². The lowest BCUT2D eigenvalue weighted by Crippen LogP contribution is -2.12. The van der Waals surface area contributed by atoms with Gasteiger partial charge in [0, 0.05) is 0 Å². The highest BCUT2D eigenvalue weighted by molar-refractivity contribution is 7.13. The molecule has 0 fully saturated rings. The summed E-state index contributed by atoms with van der Waals surface area (Å²) in [6.45, 7) is 0. The van der Waals surface area contributed by atoms with E-state index in [-0.39, 0.29) is 5.69 Å². The number of aromatic amines is 1. The Labute approximate surface area is 76.9 Å². The maximum absolute atomic E-state index is 13.2. The number of hydrogen-bond donors (Lipinski definition) is 1. The third-order valence-corrected chi connectivity index (χ3v) is 2.43. The molecule has 0 spiro atoms. The first kappa shape index (κ1) is 8.12. The van der Waals surface area contributed by atoms with Crippen LogP contribution < -0.4 is 5.56 Å². The molecule has 13 heavy (non-hydrogen) atoms. The summed E-state index contributed by atoms with van der Waals surface area (Å²) in [5.41, 5.74) is -0.628. The van der Waals surface area contributed by atoms with E-state index < -0.39 is 11.4 Å². The van der Waals surface area contributed by atoms with Gasteiger partial charge in [-0.15, -0.1) is 11.3 Å². The van der Waals surface area contributed by atoms with E-state index in [0.717, 1.165) is 0 Å². The Morgan fingerprint density at radius 1 is 1.54 bits per heavy atom. The van der Waals surface area contributed by atoms with Crippen LogP contribution in [0.1, 0.15) is 0 Å². The summed E-state index contributed by atoms with van der Waals surface area (Å²) in [5.74, 6) is -0.829. The molecule has 0 aromatic carbocycles. The van der Waals surface area contributed by atoms with Crippen molar-refractivity contribution in [1.82, 2.24) is 9.97 Å². The Bertz CT molecular complexity index is 463. The summed E-state index contributed by atoms with van der Waals surface area (Å²) in [5, 5.41) is 1.80. The number of nitrogens with one attached hydrogen (secondary N) is 1. The number of nitrogens with zero attached hydrogens (tertiary/aromatic N) is 1. The van der Waals surface area contributed by atoms with E-state index in [9.17, 15) is 9.18 Å². The maximum Gasteiger partial charge on any atom is 0.287 e. The van der Waals surface area contributed by atoms with Gasteiger partial charge in [0.15, 0.2) is 0 Å². The third-order valence-electron chi connectivity index (χ3n) is 1.55. The number of H-pyrrole nitrogens is 1. The molecule has 2 rings (SSSR count). The van der Waals surface area contributed by atoms with Crippen LogP contribution in [0.2, 0.25) is 0 Å². The molecule has 2 heterocycles. The molecule has 0 amide bonds. The molecule has 0 saturated carbocycles. The first-order valence-corrected chi connectivity index (χ1v) is 4.44. The van der Waals surface area contributed by atoms with Gasteiger partial charge in [0.25, 0.3) is 5.56 Å². The highest BCUT2D eigenvalue weighted by Gasteiger charge is 2.09. The fraction of sp³-hybridized carbons (Fsp3) is 0. The molecule has 0 saturated heterocycles. The van der Waals surface area contributed by atoms with Crippen LogP contribution in [-0.4, -0.2) is 9.97 Å². The van der Waals surface area contributed by atoms with Gasteiger partial charge in [0.2, 0.25) is 5.82 Å². The predicted octanol–water partition coefficient (Wildman–Crippen LogP) is 1.64. The second-order valence-corrected chi connectivity index (χ2v) is 3.32. The second kappa shape index (κ2) is 3.10. The molecule has 2 aromatic heterocycles. The third kappa shape index (κ3) is 1.38. The van der Waals surface area contributed by atoms with Crippen LogP contribution in [0.25, 0.3) is 10.6 Å². The van der Waals surface area contributed by atoms with Gasteiger partial charge in [-0.3, -0.25) is 4.79 Å². The summed E-state index contributed by atoms with van der Waals surface area (Å²) in [4.78, 5) is 17.5. The fourth-order valence-electron chi connectivity index (χ4n) is 0.968. The number of hydrogen-bond acceptors (Lipinski definition) is 3. The second-order valence-electron chi connectivity index (χ2n) is 2.37. The Hall–Kier alpha value is -1.49. The van der Waals surface area contributed by atoms with Crippen LogP contribution in [0, 0.1) is 5.82 Å². The minimum absolute atomic E-state index is 0.110. The number of aromatic nitrogens is 2. The summed E-state index contributed by atoms with van der Waals surface area (Å²) in [6.07, 6.45) is 1.19. The summed E-state index contributed by atoms with van der Waals surface area (Å²) >= 11 is 1.34. The van der Waals surface area contributed by atoms with Gasteiger partial charge < -0.3 is 4.98 Å². The van der Waals surface area contributed by atoms with E-state index in [2.05, 4.69) is 9.97 Å². The topological polar surface area (TPSA) is 45.8 Å².